The summed E-state index contributed by atoms with van der Waals surface area (Å²) in [6, 6.07) is 16.7. The van der Waals surface area contributed by atoms with Crippen LogP contribution in [0.1, 0.15) is 5.56 Å². The number of halogens is 1. The molecule has 0 unspecified atom stereocenters. The van der Waals surface area contributed by atoms with Gasteiger partial charge in [-0.15, -0.1) is 0 Å². The lowest BCUT2D eigenvalue weighted by atomic mass is 10.2. The van der Waals surface area contributed by atoms with E-state index in [2.05, 4.69) is 15.6 Å². The number of aromatic nitrogens is 1. The first-order valence-electron chi connectivity index (χ1n) is 7.51. The molecule has 1 aromatic heterocycles. The van der Waals surface area contributed by atoms with Crippen molar-refractivity contribution < 1.29 is 4.79 Å². The van der Waals surface area contributed by atoms with E-state index in [9.17, 15) is 4.79 Å². The summed E-state index contributed by atoms with van der Waals surface area (Å²) in [5.41, 5.74) is 2.40. The molecular formula is C19H14ClN3OS. The number of rotatable bonds is 3. The lowest BCUT2D eigenvalue weighted by Crippen LogP contribution is -2.32. The van der Waals surface area contributed by atoms with Crippen LogP contribution in [0.4, 0.5) is 5.69 Å². The Labute approximate surface area is 155 Å². The number of benzene rings is 2. The first-order chi connectivity index (χ1) is 12.1. The predicted octanol–water partition coefficient (Wildman–Crippen LogP) is 4.41. The number of carbonyl (C=O) groups excluding carboxylic acids is 1. The summed E-state index contributed by atoms with van der Waals surface area (Å²) >= 11 is 11.0. The molecule has 0 saturated heterocycles. The van der Waals surface area contributed by atoms with Crippen LogP contribution in [0.3, 0.4) is 0 Å². The smallest absolute Gasteiger partial charge is 0.250 e. The maximum absolute atomic E-state index is 12.0. The van der Waals surface area contributed by atoms with Crippen molar-refractivity contribution in [3.63, 3.8) is 0 Å². The molecule has 3 rings (SSSR count). The highest BCUT2D eigenvalue weighted by molar-refractivity contribution is 7.80. The van der Waals surface area contributed by atoms with Gasteiger partial charge in [-0.2, -0.15) is 0 Å². The Morgan fingerprint density at radius 1 is 1.08 bits per heavy atom. The van der Waals surface area contributed by atoms with E-state index in [1.54, 1.807) is 24.4 Å². The Kier molecular flexibility index (Phi) is 5.38. The molecule has 4 nitrogen and oxygen atoms in total. The molecule has 0 fully saturated rings. The highest BCUT2D eigenvalue weighted by atomic mass is 35.5. The van der Waals surface area contributed by atoms with Gasteiger partial charge in [-0.25, -0.2) is 0 Å². The van der Waals surface area contributed by atoms with Crippen molar-refractivity contribution in [2.24, 2.45) is 0 Å². The molecule has 124 valence electrons. The third-order valence-electron chi connectivity index (χ3n) is 3.41. The number of amides is 1. The van der Waals surface area contributed by atoms with Gasteiger partial charge in [0.2, 0.25) is 5.91 Å². The summed E-state index contributed by atoms with van der Waals surface area (Å²) in [4.78, 5) is 16.3. The Bertz CT molecular complexity index is 949. The van der Waals surface area contributed by atoms with Crippen LogP contribution in [-0.2, 0) is 4.79 Å². The third-order valence-corrected chi connectivity index (χ3v) is 3.87. The normalized spacial score (nSPS) is 10.8. The number of pyridine rings is 1. The topological polar surface area (TPSA) is 54.0 Å². The molecule has 25 heavy (non-hydrogen) atoms. The molecule has 0 aliphatic heterocycles. The van der Waals surface area contributed by atoms with Crippen LogP contribution in [0.5, 0.6) is 0 Å². The van der Waals surface area contributed by atoms with Crippen molar-refractivity contribution in [1.29, 1.82) is 0 Å². The summed E-state index contributed by atoms with van der Waals surface area (Å²) in [6.07, 6.45) is 4.82. The number of fused-ring (bicyclic) bond motifs is 1. The number of hydrogen-bond acceptors (Lipinski definition) is 3. The molecule has 0 aliphatic rings. The van der Waals surface area contributed by atoms with Gasteiger partial charge in [-0.1, -0.05) is 41.9 Å². The second kappa shape index (κ2) is 7.88. The van der Waals surface area contributed by atoms with Crippen LogP contribution in [0.15, 0.2) is 66.9 Å². The van der Waals surface area contributed by atoms with Crippen molar-refractivity contribution in [2.75, 3.05) is 5.32 Å². The zero-order chi connectivity index (χ0) is 17.6. The molecule has 0 aliphatic carbocycles. The highest BCUT2D eigenvalue weighted by Gasteiger charge is 2.05. The van der Waals surface area contributed by atoms with Crippen molar-refractivity contribution in [2.45, 2.75) is 0 Å². The van der Waals surface area contributed by atoms with E-state index in [1.165, 1.54) is 6.08 Å². The van der Waals surface area contributed by atoms with Crippen molar-refractivity contribution >= 4 is 57.5 Å². The lowest BCUT2D eigenvalue weighted by molar-refractivity contribution is -0.115. The third kappa shape index (κ3) is 4.62. The second-order valence-electron chi connectivity index (χ2n) is 5.21. The van der Waals surface area contributed by atoms with Crippen LogP contribution in [0, 0.1) is 0 Å². The summed E-state index contributed by atoms with van der Waals surface area (Å²) in [5.74, 6) is -0.319. The monoisotopic (exact) mass is 367 g/mol. The van der Waals surface area contributed by atoms with Gasteiger partial charge in [0, 0.05) is 22.7 Å². The molecule has 1 heterocycles. The Hall–Kier alpha value is -2.76. The van der Waals surface area contributed by atoms with Gasteiger partial charge in [0.05, 0.1) is 11.2 Å². The molecule has 0 saturated carbocycles. The zero-order valence-corrected chi connectivity index (χ0v) is 14.6. The number of carbonyl (C=O) groups is 1. The van der Waals surface area contributed by atoms with E-state index < -0.39 is 0 Å². The van der Waals surface area contributed by atoms with Gasteiger partial charge in [0.25, 0.3) is 0 Å². The zero-order valence-electron chi connectivity index (χ0n) is 13.1. The molecule has 0 spiro atoms. The predicted molar refractivity (Wildman–Crippen MR) is 107 cm³/mol. The van der Waals surface area contributed by atoms with Crippen LogP contribution < -0.4 is 10.6 Å². The average molecular weight is 368 g/mol. The first kappa shape index (κ1) is 17.1. The van der Waals surface area contributed by atoms with Gasteiger partial charge in [-0.05, 0) is 48.1 Å². The minimum absolute atomic E-state index is 0.212. The number of hydrogen-bond donors (Lipinski definition) is 2. The van der Waals surface area contributed by atoms with Gasteiger partial charge < -0.3 is 5.32 Å². The second-order valence-corrected chi connectivity index (χ2v) is 6.05. The van der Waals surface area contributed by atoms with Crippen molar-refractivity contribution in [3.05, 3.63) is 77.5 Å². The minimum atomic E-state index is -0.319. The fourth-order valence-electron chi connectivity index (χ4n) is 2.26. The van der Waals surface area contributed by atoms with Crippen LogP contribution in [0.25, 0.3) is 17.0 Å². The largest absolute Gasteiger partial charge is 0.331 e. The Morgan fingerprint density at radius 3 is 2.64 bits per heavy atom. The Balaban J connectivity index is 1.63. The Morgan fingerprint density at radius 2 is 1.84 bits per heavy atom. The lowest BCUT2D eigenvalue weighted by Gasteiger charge is -2.10. The maximum atomic E-state index is 12.0. The van der Waals surface area contributed by atoms with Gasteiger partial charge in [0.15, 0.2) is 5.11 Å². The molecule has 6 heteroatoms. The summed E-state index contributed by atoms with van der Waals surface area (Å²) in [6.45, 7) is 0. The SMILES string of the molecule is O=C(C=Cc1ccc(Cl)cc1)NC(=S)Nc1cccc2cccnc12. The average Bonchev–Trinajstić information content (AvgIpc) is 2.61. The first-order valence-corrected chi connectivity index (χ1v) is 8.30. The number of thiocarbonyl (C=S) groups is 1. The molecule has 0 radical (unpaired) electrons. The summed E-state index contributed by atoms with van der Waals surface area (Å²) < 4.78 is 0. The van der Waals surface area contributed by atoms with E-state index in [0.717, 1.165) is 22.2 Å². The number of nitrogens with one attached hydrogen (secondary N) is 2. The number of para-hydroxylation sites is 1. The maximum Gasteiger partial charge on any atom is 0.250 e. The van der Waals surface area contributed by atoms with Gasteiger partial charge in [0.1, 0.15) is 0 Å². The van der Waals surface area contributed by atoms with Crippen LogP contribution >= 0.6 is 23.8 Å². The minimum Gasteiger partial charge on any atom is -0.331 e. The van der Waals surface area contributed by atoms with E-state index in [0.29, 0.717) is 5.02 Å². The van der Waals surface area contributed by atoms with E-state index in [-0.39, 0.29) is 11.0 Å². The van der Waals surface area contributed by atoms with E-state index >= 15 is 0 Å². The summed E-state index contributed by atoms with van der Waals surface area (Å²) in [5, 5.41) is 7.47. The number of nitrogens with zero attached hydrogens (tertiary/aromatic N) is 1. The molecule has 2 N–H and O–H groups in total. The fourth-order valence-corrected chi connectivity index (χ4v) is 2.59. The van der Waals surface area contributed by atoms with Crippen molar-refractivity contribution in [1.82, 2.24) is 10.3 Å². The molecule has 1 amide bonds. The van der Waals surface area contributed by atoms with Gasteiger partial charge in [-0.3, -0.25) is 15.1 Å². The van der Waals surface area contributed by atoms with E-state index in [1.807, 2.05) is 42.5 Å². The molecule has 0 bridgehead atoms. The molecule has 2 aromatic carbocycles. The fraction of sp³-hybridized carbons (Fsp3) is 0. The van der Waals surface area contributed by atoms with Gasteiger partial charge >= 0.3 is 0 Å². The number of anilines is 1. The molecular weight excluding hydrogens is 354 g/mol. The quantitative estimate of drug-likeness (QED) is 0.531. The molecule has 0 atom stereocenters. The summed E-state index contributed by atoms with van der Waals surface area (Å²) in [7, 11) is 0. The highest BCUT2D eigenvalue weighted by Crippen LogP contribution is 2.20. The standard InChI is InChI=1S/C19H14ClN3OS/c20-15-9-6-13(7-10-15)8-11-17(24)23-19(25)22-16-5-1-3-14-4-2-12-21-18(14)16/h1-12H,(H2,22,23,24,25). The molecule has 3 aromatic rings. The van der Waals surface area contributed by atoms with Crippen LogP contribution in [-0.4, -0.2) is 16.0 Å². The van der Waals surface area contributed by atoms with E-state index in [4.69, 9.17) is 23.8 Å². The van der Waals surface area contributed by atoms with Crippen LogP contribution in [0.2, 0.25) is 5.02 Å². The van der Waals surface area contributed by atoms with Crippen molar-refractivity contribution in [3.8, 4) is 0 Å².